The smallest absolute Gasteiger partial charge is 0.481 e. The summed E-state index contributed by atoms with van der Waals surface area (Å²) >= 11 is 0. The highest BCUT2D eigenvalue weighted by Crippen LogP contribution is 2.15. The fourth-order valence-corrected chi connectivity index (χ4v) is 2.32. The Kier molecular flexibility index (Phi) is 8.73. The molecule has 0 spiro atoms. The molecule has 0 aliphatic heterocycles. The van der Waals surface area contributed by atoms with Crippen molar-refractivity contribution >= 4 is 22.0 Å². The van der Waals surface area contributed by atoms with Crippen molar-refractivity contribution in [2.45, 2.75) is 24.0 Å². The second kappa shape index (κ2) is 10.5. The highest BCUT2D eigenvalue weighted by atomic mass is 32.2. The van der Waals surface area contributed by atoms with Crippen LogP contribution in [0.2, 0.25) is 0 Å². The standard InChI is InChI=1S/C12H13N5O4S.C3H3F3O2/c1-13-22(20,21)10-7-14-12(15-8-10)9-2-4-17(16-6-9)5-3-11(18)19;1-8-2(7)3(4,5)6/h2,4,6-8,13H,3,5H2,1H3;1H3/p+1. The van der Waals surface area contributed by atoms with Gasteiger partial charge in [-0.1, -0.05) is 4.68 Å². The van der Waals surface area contributed by atoms with Gasteiger partial charge in [0.05, 0.1) is 19.5 Å². The summed E-state index contributed by atoms with van der Waals surface area (Å²) in [6, 6.07) is 1.68. The van der Waals surface area contributed by atoms with E-state index in [1.165, 1.54) is 30.3 Å². The lowest BCUT2D eigenvalue weighted by Gasteiger charge is -2.02. The third-order valence-corrected chi connectivity index (χ3v) is 4.58. The van der Waals surface area contributed by atoms with Crippen LogP contribution in [0.25, 0.3) is 11.4 Å². The van der Waals surface area contributed by atoms with Crippen LogP contribution in [-0.2, 0) is 30.9 Å². The molecule has 11 nitrogen and oxygen atoms in total. The number of nitrogens with one attached hydrogen (secondary N) is 1. The molecule has 0 fully saturated rings. The van der Waals surface area contributed by atoms with Crippen molar-refractivity contribution in [3.63, 3.8) is 0 Å². The lowest BCUT2D eigenvalue weighted by atomic mass is 10.3. The molecule has 0 aromatic carbocycles. The van der Waals surface area contributed by atoms with Crippen LogP contribution in [-0.4, -0.2) is 60.9 Å². The van der Waals surface area contributed by atoms with Gasteiger partial charge < -0.3 is 9.84 Å². The Balaban J connectivity index is 0.000000479. The first-order chi connectivity index (χ1) is 13.9. The van der Waals surface area contributed by atoms with Crippen LogP contribution in [0, 0.1) is 0 Å². The van der Waals surface area contributed by atoms with Crippen LogP contribution >= 0.6 is 0 Å². The van der Waals surface area contributed by atoms with Crippen LogP contribution in [0.15, 0.2) is 35.7 Å². The van der Waals surface area contributed by atoms with Crippen molar-refractivity contribution in [2.75, 3.05) is 14.2 Å². The fraction of sp³-hybridized carbons (Fsp3) is 0.333. The summed E-state index contributed by atoms with van der Waals surface area (Å²) in [5, 5.41) is 12.7. The Hall–Kier alpha value is -3.20. The number of nitrogens with zero attached hydrogens (tertiary/aromatic N) is 4. The summed E-state index contributed by atoms with van der Waals surface area (Å²) in [6.45, 7) is 0.260. The van der Waals surface area contributed by atoms with Crippen LogP contribution in [0.5, 0.6) is 0 Å². The normalized spacial score (nSPS) is 11.2. The zero-order chi connectivity index (χ0) is 22.9. The number of aliphatic carboxylic acids is 1. The average Bonchev–Trinajstić information content (AvgIpc) is 2.72. The molecule has 0 radical (unpaired) electrons. The van der Waals surface area contributed by atoms with Gasteiger partial charge in [0.15, 0.2) is 18.6 Å². The van der Waals surface area contributed by atoms with Crippen molar-refractivity contribution in [3.05, 3.63) is 30.9 Å². The third kappa shape index (κ3) is 7.67. The van der Waals surface area contributed by atoms with E-state index in [0.717, 1.165) is 0 Å². The number of rotatable bonds is 6. The molecule has 0 saturated carbocycles. The summed E-state index contributed by atoms with van der Waals surface area (Å²) in [7, 11) is -1.59. The first kappa shape index (κ1) is 24.8. The van der Waals surface area contributed by atoms with E-state index >= 15 is 0 Å². The average molecular weight is 452 g/mol. The van der Waals surface area contributed by atoms with Gasteiger partial charge in [0.25, 0.3) is 0 Å². The number of carboxylic acids is 1. The number of carbonyl (C=O) groups excluding carboxylic acids is 1. The summed E-state index contributed by atoms with van der Waals surface area (Å²) < 4.78 is 63.1. The van der Waals surface area contributed by atoms with Gasteiger partial charge in [-0.05, 0) is 12.1 Å². The topological polar surface area (TPSA) is 152 Å². The number of alkyl halides is 3. The Morgan fingerprint density at radius 2 is 1.83 bits per heavy atom. The number of halogens is 3. The zero-order valence-corrected chi connectivity index (χ0v) is 16.4. The molecule has 2 N–H and O–H groups in total. The molecule has 2 heterocycles. The van der Waals surface area contributed by atoms with E-state index in [1.54, 1.807) is 12.3 Å². The summed E-state index contributed by atoms with van der Waals surface area (Å²) in [4.78, 5) is 27.9. The maximum absolute atomic E-state index is 11.6. The summed E-state index contributed by atoms with van der Waals surface area (Å²) in [5.41, 5.74) is 0.597. The number of carboxylic acid groups (broad SMARTS) is 1. The molecule has 0 saturated heterocycles. The van der Waals surface area contributed by atoms with Crippen molar-refractivity contribution < 1.29 is 45.7 Å². The number of methoxy groups -OCH3 is 1. The number of ether oxygens (including phenoxy) is 1. The van der Waals surface area contributed by atoms with E-state index in [4.69, 9.17) is 5.11 Å². The second-order valence-electron chi connectivity index (χ2n) is 5.26. The molecule has 0 aliphatic rings. The molecule has 0 aliphatic carbocycles. The summed E-state index contributed by atoms with van der Waals surface area (Å²) in [6.07, 6.45) is 0.640. The number of carbonyl (C=O) groups is 2. The molecular weight excluding hydrogens is 435 g/mol. The van der Waals surface area contributed by atoms with E-state index in [2.05, 4.69) is 24.5 Å². The van der Waals surface area contributed by atoms with Gasteiger partial charge in [0.2, 0.25) is 10.0 Å². The minimum Gasteiger partial charge on any atom is -0.481 e. The molecule has 15 heteroatoms. The van der Waals surface area contributed by atoms with E-state index in [0.29, 0.717) is 18.5 Å². The predicted octanol–water partition coefficient (Wildman–Crippen LogP) is -0.0694. The van der Waals surface area contributed by atoms with Gasteiger partial charge >= 0.3 is 18.1 Å². The highest BCUT2D eigenvalue weighted by molar-refractivity contribution is 7.89. The predicted molar refractivity (Wildman–Crippen MR) is 92.0 cm³/mol. The number of hydrogen-bond acceptors (Lipinski definition) is 8. The molecule has 164 valence electrons. The summed E-state index contributed by atoms with van der Waals surface area (Å²) in [5.74, 6) is -2.74. The SMILES string of the molecule is CNS(=O)(=O)c1cnc(-c2cc[n+](CCC(=O)O)nc2)nc1.COC(=O)C(F)(F)F. The second-order valence-corrected chi connectivity index (χ2v) is 7.15. The van der Waals surface area contributed by atoms with Gasteiger partial charge in [-0.2, -0.15) is 13.2 Å². The van der Waals surface area contributed by atoms with Gasteiger partial charge in [0, 0.05) is 11.6 Å². The Morgan fingerprint density at radius 1 is 1.23 bits per heavy atom. The number of sulfonamides is 1. The number of aryl methyl sites for hydroxylation is 1. The first-order valence-electron chi connectivity index (χ1n) is 7.89. The molecule has 2 rings (SSSR count). The molecule has 30 heavy (non-hydrogen) atoms. The highest BCUT2D eigenvalue weighted by Gasteiger charge is 2.40. The molecule has 2 aromatic rings. The molecule has 0 unspecified atom stereocenters. The number of hydrogen-bond donors (Lipinski definition) is 2. The van der Waals surface area contributed by atoms with Gasteiger partial charge in [-0.15, -0.1) is 0 Å². The Bertz CT molecular complexity index is 966. The van der Waals surface area contributed by atoms with Crippen LogP contribution in [0.1, 0.15) is 6.42 Å². The minimum atomic E-state index is -4.85. The molecule has 0 atom stereocenters. The first-order valence-corrected chi connectivity index (χ1v) is 9.37. The van der Waals surface area contributed by atoms with Crippen molar-refractivity contribution in [3.8, 4) is 11.4 Å². The van der Waals surface area contributed by atoms with Crippen LogP contribution in [0.4, 0.5) is 13.2 Å². The van der Waals surface area contributed by atoms with E-state index < -0.39 is 28.1 Å². The van der Waals surface area contributed by atoms with E-state index in [1.807, 2.05) is 0 Å². The Labute approximate surface area is 168 Å². The third-order valence-electron chi connectivity index (χ3n) is 3.21. The fourth-order valence-electron chi connectivity index (χ4n) is 1.70. The maximum atomic E-state index is 11.6. The van der Waals surface area contributed by atoms with Crippen molar-refractivity contribution in [2.24, 2.45) is 0 Å². The minimum absolute atomic E-state index is 0.0237. The number of aromatic nitrogens is 4. The van der Waals surface area contributed by atoms with Gasteiger partial charge in [0.1, 0.15) is 17.5 Å². The lowest BCUT2D eigenvalue weighted by molar-refractivity contribution is -0.752. The molecule has 0 amide bonds. The lowest BCUT2D eigenvalue weighted by Crippen LogP contribution is -2.38. The van der Waals surface area contributed by atoms with Crippen molar-refractivity contribution in [1.82, 2.24) is 19.8 Å². The van der Waals surface area contributed by atoms with Crippen LogP contribution < -0.4 is 9.40 Å². The van der Waals surface area contributed by atoms with Gasteiger partial charge in [-0.25, -0.2) is 27.9 Å². The largest absolute Gasteiger partial charge is 0.490 e. The molecule has 2 aromatic heterocycles. The maximum Gasteiger partial charge on any atom is 0.490 e. The van der Waals surface area contributed by atoms with Gasteiger partial charge in [-0.3, -0.25) is 4.79 Å². The monoisotopic (exact) mass is 452 g/mol. The molecular formula is C15H17F3N5O6S+. The van der Waals surface area contributed by atoms with E-state index in [9.17, 15) is 31.2 Å². The van der Waals surface area contributed by atoms with Crippen molar-refractivity contribution in [1.29, 1.82) is 0 Å². The van der Waals surface area contributed by atoms with Crippen LogP contribution in [0.3, 0.4) is 0 Å². The van der Waals surface area contributed by atoms with E-state index in [-0.39, 0.29) is 17.9 Å². The quantitative estimate of drug-likeness (QED) is 0.453. The molecule has 0 bridgehead atoms. The Morgan fingerprint density at radius 3 is 2.20 bits per heavy atom. The zero-order valence-electron chi connectivity index (χ0n) is 15.6. The number of esters is 1.